The third-order valence-corrected chi connectivity index (χ3v) is 4.15. The molecule has 0 unspecified atom stereocenters. The molecule has 158 valence electrons. The summed E-state index contributed by atoms with van der Waals surface area (Å²) in [6.45, 7) is 3.77. The van der Waals surface area contributed by atoms with E-state index in [1.165, 1.54) is 5.56 Å². The summed E-state index contributed by atoms with van der Waals surface area (Å²) in [4.78, 5) is 8.64. The lowest BCUT2D eigenvalue weighted by atomic mass is 10.1. The van der Waals surface area contributed by atoms with Crippen LogP contribution in [0.15, 0.2) is 77.9 Å². The topological polar surface area (TPSA) is 81.8 Å². The van der Waals surface area contributed by atoms with Crippen molar-refractivity contribution in [2.45, 2.75) is 19.9 Å². The zero-order valence-corrected chi connectivity index (χ0v) is 19.3. The van der Waals surface area contributed by atoms with Gasteiger partial charge in [-0.3, -0.25) is 0 Å². The highest BCUT2D eigenvalue weighted by Gasteiger charge is 2.02. The lowest BCUT2D eigenvalue weighted by Crippen LogP contribution is -2.33. The molecule has 0 amide bonds. The Morgan fingerprint density at radius 2 is 1.73 bits per heavy atom. The van der Waals surface area contributed by atoms with E-state index in [0.29, 0.717) is 30.7 Å². The molecule has 0 atom stereocenters. The summed E-state index contributed by atoms with van der Waals surface area (Å²) < 4.78 is 11.2. The van der Waals surface area contributed by atoms with E-state index in [1.54, 1.807) is 6.20 Å². The van der Waals surface area contributed by atoms with Crippen molar-refractivity contribution >= 4 is 29.9 Å². The number of hydrogen-bond acceptors (Lipinski definition) is 4. The van der Waals surface area contributed by atoms with Gasteiger partial charge in [-0.05, 0) is 54.8 Å². The summed E-state index contributed by atoms with van der Waals surface area (Å²) in [5, 5.41) is 3.14. The number of rotatable bonds is 9. The Bertz CT molecular complexity index is 918. The number of aromatic nitrogens is 1. The summed E-state index contributed by atoms with van der Waals surface area (Å²) in [6, 6.07) is 21.5. The molecule has 0 radical (unpaired) electrons. The highest BCUT2D eigenvalue weighted by molar-refractivity contribution is 14.0. The van der Waals surface area contributed by atoms with E-state index in [4.69, 9.17) is 15.2 Å². The summed E-state index contributed by atoms with van der Waals surface area (Å²) in [7, 11) is 0. The Morgan fingerprint density at radius 3 is 2.47 bits per heavy atom. The fourth-order valence-corrected chi connectivity index (χ4v) is 2.71. The van der Waals surface area contributed by atoms with Crippen molar-refractivity contribution in [2.75, 3.05) is 13.2 Å². The molecular formula is C23H27IN4O2. The van der Waals surface area contributed by atoms with Gasteiger partial charge in [-0.1, -0.05) is 30.3 Å². The van der Waals surface area contributed by atoms with E-state index in [-0.39, 0.29) is 24.0 Å². The molecule has 0 aliphatic heterocycles. The second-order valence-electron chi connectivity index (χ2n) is 6.37. The summed E-state index contributed by atoms with van der Waals surface area (Å²) >= 11 is 0. The molecule has 0 saturated carbocycles. The fraction of sp³-hybridized carbons (Fsp3) is 0.217. The first-order chi connectivity index (χ1) is 14.2. The van der Waals surface area contributed by atoms with Crippen LogP contribution in [0.3, 0.4) is 0 Å². The van der Waals surface area contributed by atoms with E-state index < -0.39 is 0 Å². The molecule has 7 heteroatoms. The number of aliphatic imine (C=N–C) groups is 1. The van der Waals surface area contributed by atoms with Crippen molar-refractivity contribution < 1.29 is 9.47 Å². The number of nitrogens with zero attached hydrogens (tertiary/aromatic N) is 2. The second kappa shape index (κ2) is 12.7. The van der Waals surface area contributed by atoms with Gasteiger partial charge in [-0.2, -0.15) is 0 Å². The zero-order chi connectivity index (χ0) is 20.3. The Balaban J connectivity index is 0.00000320. The molecule has 30 heavy (non-hydrogen) atoms. The number of hydrogen-bond donors (Lipinski definition) is 2. The number of nitrogens with one attached hydrogen (secondary N) is 1. The molecule has 2 aromatic carbocycles. The Labute approximate surface area is 194 Å². The van der Waals surface area contributed by atoms with Crippen molar-refractivity contribution in [3.05, 3.63) is 84.1 Å². The van der Waals surface area contributed by atoms with Crippen LogP contribution in [0, 0.1) is 0 Å². The van der Waals surface area contributed by atoms with E-state index in [0.717, 1.165) is 24.3 Å². The van der Waals surface area contributed by atoms with Gasteiger partial charge in [0.2, 0.25) is 5.88 Å². The average Bonchev–Trinajstić information content (AvgIpc) is 2.75. The van der Waals surface area contributed by atoms with Crippen molar-refractivity contribution in [2.24, 2.45) is 10.7 Å². The van der Waals surface area contributed by atoms with Crippen LogP contribution in [0.25, 0.3) is 0 Å². The third-order valence-electron chi connectivity index (χ3n) is 4.15. The number of nitrogens with two attached hydrogens (primary N) is 1. The predicted molar refractivity (Wildman–Crippen MR) is 131 cm³/mol. The molecule has 0 saturated heterocycles. The lowest BCUT2D eigenvalue weighted by Gasteiger charge is -2.08. The zero-order valence-electron chi connectivity index (χ0n) is 17.0. The standard InChI is InChI=1S/C23H26N4O2.HI/c1-2-28-20-8-10-21(11-9-20)29-22-16-19(13-14-25-22)17-27-23(24)26-15-12-18-6-4-3-5-7-18;/h3-11,13-14,16H,2,12,15,17H2,1H3,(H3,24,26,27);1H. The van der Waals surface area contributed by atoms with Gasteiger partial charge in [-0.15, -0.1) is 24.0 Å². The average molecular weight is 518 g/mol. The lowest BCUT2D eigenvalue weighted by molar-refractivity contribution is 0.339. The Hall–Kier alpha value is -2.81. The van der Waals surface area contributed by atoms with Gasteiger partial charge in [0, 0.05) is 18.8 Å². The normalized spacial score (nSPS) is 10.8. The molecule has 3 N–H and O–H groups in total. The number of guanidine groups is 1. The SMILES string of the molecule is CCOc1ccc(Oc2cc(CN=C(N)NCCc3ccccc3)ccn2)cc1.I. The first-order valence-electron chi connectivity index (χ1n) is 9.66. The van der Waals surface area contributed by atoms with Gasteiger partial charge in [0.1, 0.15) is 11.5 Å². The van der Waals surface area contributed by atoms with E-state index in [2.05, 4.69) is 27.4 Å². The molecule has 0 aliphatic carbocycles. The van der Waals surface area contributed by atoms with Crippen LogP contribution in [0.4, 0.5) is 0 Å². The summed E-state index contributed by atoms with van der Waals surface area (Å²) in [5.74, 6) is 2.44. The predicted octanol–water partition coefficient (Wildman–Crippen LogP) is 4.54. The summed E-state index contributed by atoms with van der Waals surface area (Å²) in [5.41, 5.74) is 8.19. The molecule has 0 fully saturated rings. The van der Waals surface area contributed by atoms with Crippen molar-refractivity contribution in [1.82, 2.24) is 10.3 Å². The Morgan fingerprint density at radius 1 is 1.00 bits per heavy atom. The molecule has 1 heterocycles. The van der Waals surface area contributed by atoms with Crippen LogP contribution >= 0.6 is 24.0 Å². The first kappa shape index (κ1) is 23.5. The van der Waals surface area contributed by atoms with Crippen LogP contribution in [0.1, 0.15) is 18.1 Å². The fourth-order valence-electron chi connectivity index (χ4n) is 2.71. The van der Waals surface area contributed by atoms with Crippen molar-refractivity contribution in [1.29, 1.82) is 0 Å². The maximum absolute atomic E-state index is 5.97. The third kappa shape index (κ3) is 7.90. The van der Waals surface area contributed by atoms with Crippen LogP contribution < -0.4 is 20.5 Å². The van der Waals surface area contributed by atoms with Crippen LogP contribution in [0.2, 0.25) is 0 Å². The minimum absolute atomic E-state index is 0. The highest BCUT2D eigenvalue weighted by Crippen LogP contribution is 2.23. The molecule has 3 rings (SSSR count). The van der Waals surface area contributed by atoms with E-state index >= 15 is 0 Å². The van der Waals surface area contributed by atoms with Gasteiger partial charge in [0.25, 0.3) is 0 Å². The molecule has 1 aromatic heterocycles. The first-order valence-corrected chi connectivity index (χ1v) is 9.66. The van der Waals surface area contributed by atoms with E-state index in [1.807, 2.05) is 61.5 Å². The maximum atomic E-state index is 5.97. The van der Waals surface area contributed by atoms with Crippen LogP contribution in [-0.4, -0.2) is 24.1 Å². The summed E-state index contributed by atoms with van der Waals surface area (Å²) in [6.07, 6.45) is 2.60. The van der Waals surface area contributed by atoms with E-state index in [9.17, 15) is 0 Å². The van der Waals surface area contributed by atoms with Gasteiger partial charge in [0.15, 0.2) is 5.96 Å². The number of pyridine rings is 1. The van der Waals surface area contributed by atoms with Gasteiger partial charge >= 0.3 is 0 Å². The number of benzene rings is 2. The molecule has 6 nitrogen and oxygen atoms in total. The minimum Gasteiger partial charge on any atom is -0.494 e. The van der Waals surface area contributed by atoms with Crippen LogP contribution in [0.5, 0.6) is 17.4 Å². The molecular weight excluding hydrogens is 491 g/mol. The molecule has 0 aliphatic rings. The van der Waals surface area contributed by atoms with Crippen molar-refractivity contribution in [3.8, 4) is 17.4 Å². The minimum atomic E-state index is 0. The second-order valence-corrected chi connectivity index (χ2v) is 6.37. The smallest absolute Gasteiger partial charge is 0.219 e. The monoisotopic (exact) mass is 518 g/mol. The molecule has 0 spiro atoms. The van der Waals surface area contributed by atoms with Crippen LogP contribution in [-0.2, 0) is 13.0 Å². The van der Waals surface area contributed by atoms with Gasteiger partial charge < -0.3 is 20.5 Å². The molecule has 0 bridgehead atoms. The Kier molecular flexibility index (Phi) is 9.93. The van der Waals surface area contributed by atoms with Crippen molar-refractivity contribution in [3.63, 3.8) is 0 Å². The quantitative estimate of drug-likeness (QED) is 0.247. The largest absolute Gasteiger partial charge is 0.494 e. The highest BCUT2D eigenvalue weighted by atomic mass is 127. The number of halogens is 1. The number of ether oxygens (including phenoxy) is 2. The maximum Gasteiger partial charge on any atom is 0.219 e. The van der Waals surface area contributed by atoms with Gasteiger partial charge in [0.05, 0.1) is 13.2 Å². The molecule has 3 aromatic rings. The van der Waals surface area contributed by atoms with Gasteiger partial charge in [-0.25, -0.2) is 9.98 Å².